The molecule has 10 heteroatoms. The molecule has 0 atom stereocenters. The maximum Gasteiger partial charge on any atom is 0.387 e. The second kappa shape index (κ2) is 11.9. The van der Waals surface area contributed by atoms with Gasteiger partial charge in [-0.15, -0.1) is 24.0 Å². The molecule has 0 aromatic heterocycles. The summed E-state index contributed by atoms with van der Waals surface area (Å²) in [5.41, 5.74) is 1.28. The monoisotopic (exact) mass is 571 g/mol. The third-order valence-corrected chi connectivity index (χ3v) is 4.05. The standard InChI is InChI=1S/C18H20BrF2N3O3.HI/c1-22-18(24-13-5-7-15(25-2)16(9-13)26-3)23-10-11-8-12(19)4-6-14(11)27-17(20)21;/h4-9,17H,10H2,1-3H3,(H2,22,23,24);1H. The second-order valence-electron chi connectivity index (χ2n) is 5.25. The largest absolute Gasteiger partial charge is 0.493 e. The van der Waals surface area contributed by atoms with Crippen LogP contribution in [0.3, 0.4) is 0 Å². The van der Waals surface area contributed by atoms with Gasteiger partial charge in [0.2, 0.25) is 0 Å². The molecule has 2 N–H and O–H groups in total. The van der Waals surface area contributed by atoms with Crippen molar-refractivity contribution in [2.45, 2.75) is 13.2 Å². The lowest BCUT2D eigenvalue weighted by atomic mass is 10.2. The first kappa shape index (κ1) is 24.2. The van der Waals surface area contributed by atoms with E-state index in [0.29, 0.717) is 23.0 Å². The van der Waals surface area contributed by atoms with E-state index in [-0.39, 0.29) is 36.3 Å². The molecule has 0 bridgehead atoms. The molecular formula is C18H21BrF2IN3O3. The van der Waals surface area contributed by atoms with E-state index in [4.69, 9.17) is 9.47 Å². The molecule has 0 spiro atoms. The highest BCUT2D eigenvalue weighted by molar-refractivity contribution is 14.0. The fraction of sp³-hybridized carbons (Fsp3) is 0.278. The Bertz CT molecular complexity index is 810. The number of hydrogen-bond donors (Lipinski definition) is 2. The van der Waals surface area contributed by atoms with Crippen LogP contribution in [0.4, 0.5) is 14.5 Å². The van der Waals surface area contributed by atoms with E-state index in [1.807, 2.05) is 0 Å². The van der Waals surface area contributed by atoms with E-state index in [0.717, 1.165) is 10.2 Å². The van der Waals surface area contributed by atoms with Crippen molar-refractivity contribution in [3.8, 4) is 17.2 Å². The van der Waals surface area contributed by atoms with Crippen molar-refractivity contribution in [3.63, 3.8) is 0 Å². The lowest BCUT2D eigenvalue weighted by Gasteiger charge is -2.16. The number of aliphatic imine (C=N–C) groups is 1. The third-order valence-electron chi connectivity index (χ3n) is 3.55. The zero-order valence-electron chi connectivity index (χ0n) is 15.5. The minimum absolute atomic E-state index is 0. The molecule has 0 saturated heterocycles. The summed E-state index contributed by atoms with van der Waals surface area (Å²) >= 11 is 3.33. The topological polar surface area (TPSA) is 64.1 Å². The van der Waals surface area contributed by atoms with Crippen molar-refractivity contribution in [2.75, 3.05) is 26.6 Å². The summed E-state index contributed by atoms with van der Waals surface area (Å²) in [6.07, 6.45) is 0. The van der Waals surface area contributed by atoms with E-state index >= 15 is 0 Å². The van der Waals surface area contributed by atoms with Gasteiger partial charge in [0, 0.05) is 35.4 Å². The van der Waals surface area contributed by atoms with Crippen molar-refractivity contribution in [3.05, 3.63) is 46.4 Å². The van der Waals surface area contributed by atoms with E-state index in [1.54, 1.807) is 51.6 Å². The predicted molar refractivity (Wildman–Crippen MR) is 120 cm³/mol. The van der Waals surface area contributed by atoms with Gasteiger partial charge in [-0.3, -0.25) is 4.99 Å². The molecule has 2 aromatic rings. The van der Waals surface area contributed by atoms with Gasteiger partial charge in [0.1, 0.15) is 5.75 Å². The normalized spacial score (nSPS) is 10.9. The lowest BCUT2D eigenvalue weighted by Crippen LogP contribution is -2.30. The van der Waals surface area contributed by atoms with Gasteiger partial charge < -0.3 is 24.8 Å². The number of halogens is 4. The summed E-state index contributed by atoms with van der Waals surface area (Å²) in [7, 11) is 4.71. The van der Waals surface area contributed by atoms with Crippen LogP contribution < -0.4 is 24.8 Å². The van der Waals surface area contributed by atoms with Crippen LogP contribution in [-0.2, 0) is 6.54 Å². The summed E-state index contributed by atoms with van der Waals surface area (Å²) < 4.78 is 40.9. The molecule has 0 aliphatic rings. The maximum atomic E-state index is 12.6. The van der Waals surface area contributed by atoms with E-state index < -0.39 is 6.61 Å². The van der Waals surface area contributed by atoms with E-state index in [2.05, 4.69) is 36.3 Å². The number of alkyl halides is 2. The summed E-state index contributed by atoms with van der Waals surface area (Å²) in [5.74, 6) is 1.72. The minimum Gasteiger partial charge on any atom is -0.493 e. The van der Waals surface area contributed by atoms with Crippen molar-refractivity contribution in [1.29, 1.82) is 0 Å². The van der Waals surface area contributed by atoms with Gasteiger partial charge in [0.05, 0.1) is 14.2 Å². The van der Waals surface area contributed by atoms with Crippen molar-refractivity contribution < 1.29 is 23.0 Å². The van der Waals surface area contributed by atoms with E-state index in [9.17, 15) is 8.78 Å². The Hall–Kier alpha value is -1.82. The number of hydrogen-bond acceptors (Lipinski definition) is 4. The zero-order chi connectivity index (χ0) is 19.8. The fourth-order valence-corrected chi connectivity index (χ4v) is 2.71. The van der Waals surface area contributed by atoms with Gasteiger partial charge in [0.15, 0.2) is 17.5 Å². The van der Waals surface area contributed by atoms with Crippen LogP contribution in [0.15, 0.2) is 45.9 Å². The van der Waals surface area contributed by atoms with Gasteiger partial charge in [-0.05, 0) is 30.3 Å². The number of nitrogens with one attached hydrogen (secondary N) is 2. The molecule has 6 nitrogen and oxygen atoms in total. The van der Waals surface area contributed by atoms with Crippen LogP contribution in [0.2, 0.25) is 0 Å². The first-order valence-corrected chi connectivity index (χ1v) is 8.69. The highest BCUT2D eigenvalue weighted by atomic mass is 127. The summed E-state index contributed by atoms with van der Waals surface area (Å²) in [5, 5.41) is 6.16. The van der Waals surface area contributed by atoms with Gasteiger partial charge in [-0.1, -0.05) is 15.9 Å². The SMILES string of the molecule is CN=C(NCc1cc(Br)ccc1OC(F)F)Nc1ccc(OC)c(OC)c1.I. The highest BCUT2D eigenvalue weighted by Gasteiger charge is 2.11. The Morgan fingerprint density at radius 3 is 2.36 bits per heavy atom. The number of nitrogens with zero attached hydrogens (tertiary/aromatic N) is 1. The molecule has 28 heavy (non-hydrogen) atoms. The van der Waals surface area contributed by atoms with Crippen LogP contribution in [0.1, 0.15) is 5.56 Å². The van der Waals surface area contributed by atoms with E-state index in [1.165, 1.54) is 6.07 Å². The summed E-state index contributed by atoms with van der Waals surface area (Å²) in [6.45, 7) is -2.66. The molecule has 0 heterocycles. The molecule has 2 rings (SSSR count). The molecule has 2 aromatic carbocycles. The van der Waals surface area contributed by atoms with Crippen LogP contribution in [0.5, 0.6) is 17.2 Å². The maximum absolute atomic E-state index is 12.6. The van der Waals surface area contributed by atoms with Crippen LogP contribution in [0.25, 0.3) is 0 Å². The number of rotatable bonds is 7. The van der Waals surface area contributed by atoms with Crippen LogP contribution >= 0.6 is 39.9 Å². The quantitative estimate of drug-likeness (QED) is 0.282. The average molecular weight is 572 g/mol. The molecule has 0 amide bonds. The predicted octanol–water partition coefficient (Wildman–Crippen LogP) is 4.87. The molecule has 0 radical (unpaired) electrons. The van der Waals surface area contributed by atoms with Gasteiger partial charge in [-0.2, -0.15) is 8.78 Å². The Morgan fingerprint density at radius 1 is 1.07 bits per heavy atom. The second-order valence-corrected chi connectivity index (χ2v) is 6.17. The van der Waals surface area contributed by atoms with Gasteiger partial charge in [-0.25, -0.2) is 0 Å². The number of methoxy groups -OCH3 is 2. The molecular weight excluding hydrogens is 551 g/mol. The third kappa shape index (κ3) is 6.97. The Labute approximate surface area is 187 Å². The molecule has 0 fully saturated rings. The zero-order valence-corrected chi connectivity index (χ0v) is 19.4. The van der Waals surface area contributed by atoms with Crippen molar-refractivity contribution >= 4 is 51.6 Å². The molecule has 0 unspecified atom stereocenters. The van der Waals surface area contributed by atoms with Gasteiger partial charge in [0.25, 0.3) is 0 Å². The lowest BCUT2D eigenvalue weighted by molar-refractivity contribution is -0.0504. The Morgan fingerprint density at radius 2 is 1.75 bits per heavy atom. The number of anilines is 1. The molecule has 0 saturated carbocycles. The molecule has 154 valence electrons. The Kier molecular flexibility index (Phi) is 10.3. The minimum atomic E-state index is -2.89. The number of guanidine groups is 1. The van der Waals surface area contributed by atoms with Crippen LogP contribution in [0, 0.1) is 0 Å². The average Bonchev–Trinajstić information content (AvgIpc) is 2.66. The first-order chi connectivity index (χ1) is 13.0. The molecule has 0 aliphatic carbocycles. The van der Waals surface area contributed by atoms with Crippen molar-refractivity contribution in [1.82, 2.24) is 5.32 Å². The number of benzene rings is 2. The fourth-order valence-electron chi connectivity index (χ4n) is 2.31. The van der Waals surface area contributed by atoms with Gasteiger partial charge >= 0.3 is 6.61 Å². The first-order valence-electron chi connectivity index (χ1n) is 7.89. The molecule has 0 aliphatic heterocycles. The summed E-state index contributed by atoms with van der Waals surface area (Å²) in [4.78, 5) is 4.13. The van der Waals surface area contributed by atoms with Crippen molar-refractivity contribution in [2.24, 2.45) is 4.99 Å². The van der Waals surface area contributed by atoms with Crippen LogP contribution in [-0.4, -0.2) is 33.8 Å². The highest BCUT2D eigenvalue weighted by Crippen LogP contribution is 2.29. The Balaban J connectivity index is 0.00000392. The smallest absolute Gasteiger partial charge is 0.387 e. The number of ether oxygens (including phenoxy) is 3. The summed E-state index contributed by atoms with van der Waals surface area (Å²) in [6, 6.07) is 10.1.